The van der Waals surface area contributed by atoms with Crippen LogP contribution in [0.4, 0.5) is 0 Å². The molecule has 94 valence electrons. The first kappa shape index (κ1) is 12.6. The first-order chi connectivity index (χ1) is 8.24. The van der Waals surface area contributed by atoms with E-state index in [1.54, 1.807) is 11.3 Å². The van der Waals surface area contributed by atoms with E-state index in [0.29, 0.717) is 5.92 Å². The molecular weight excluding hydrogens is 366 g/mol. The van der Waals surface area contributed by atoms with Gasteiger partial charge in [0.15, 0.2) is 0 Å². The average Bonchev–Trinajstić information content (AvgIpc) is 2.92. The van der Waals surface area contributed by atoms with Gasteiger partial charge in [-0.2, -0.15) is 0 Å². The predicted molar refractivity (Wildman–Crippen MR) is 77.5 cm³/mol. The van der Waals surface area contributed by atoms with Crippen molar-refractivity contribution in [2.75, 3.05) is 13.2 Å². The van der Waals surface area contributed by atoms with Crippen LogP contribution < -0.4 is 5.32 Å². The Morgan fingerprint density at radius 3 is 2.82 bits per heavy atom. The molecule has 17 heavy (non-hydrogen) atoms. The largest absolute Gasteiger partial charge is 0.372 e. The van der Waals surface area contributed by atoms with Crippen molar-refractivity contribution >= 4 is 43.2 Å². The fourth-order valence-electron chi connectivity index (χ4n) is 2.27. The second-order valence-corrected chi connectivity index (χ2v) is 8.05. The third kappa shape index (κ3) is 2.95. The van der Waals surface area contributed by atoms with Gasteiger partial charge in [0.25, 0.3) is 0 Å². The number of hydrogen-bond acceptors (Lipinski definition) is 3. The first-order valence-corrected chi connectivity index (χ1v) is 8.44. The van der Waals surface area contributed by atoms with Crippen LogP contribution in [0.25, 0.3) is 0 Å². The Kier molecular flexibility index (Phi) is 3.92. The molecule has 3 rings (SSSR count). The van der Waals surface area contributed by atoms with E-state index in [1.165, 1.54) is 24.1 Å². The third-order valence-electron chi connectivity index (χ3n) is 3.40. The van der Waals surface area contributed by atoms with Crippen molar-refractivity contribution in [2.45, 2.75) is 31.4 Å². The van der Waals surface area contributed by atoms with Crippen LogP contribution in [0.15, 0.2) is 14.3 Å². The normalized spacial score (nSPS) is 28.8. The van der Waals surface area contributed by atoms with Gasteiger partial charge in [0.1, 0.15) is 0 Å². The molecule has 1 aliphatic heterocycles. The summed E-state index contributed by atoms with van der Waals surface area (Å²) in [4.78, 5) is 1.34. The Hall–Kier alpha value is 0.580. The topological polar surface area (TPSA) is 21.3 Å². The van der Waals surface area contributed by atoms with Gasteiger partial charge in [-0.05, 0) is 57.2 Å². The molecule has 0 radical (unpaired) electrons. The Labute approximate surface area is 122 Å². The maximum absolute atomic E-state index is 5.90. The van der Waals surface area contributed by atoms with E-state index in [-0.39, 0.29) is 6.10 Å². The monoisotopic (exact) mass is 379 g/mol. The number of nitrogens with one attached hydrogen (secondary N) is 1. The van der Waals surface area contributed by atoms with Crippen molar-refractivity contribution in [3.8, 4) is 0 Å². The van der Waals surface area contributed by atoms with Crippen LogP contribution in [0.1, 0.15) is 30.2 Å². The zero-order chi connectivity index (χ0) is 11.8. The second kappa shape index (κ2) is 5.29. The summed E-state index contributed by atoms with van der Waals surface area (Å²) in [6.07, 6.45) is 4.18. The van der Waals surface area contributed by atoms with Gasteiger partial charge in [-0.3, -0.25) is 0 Å². The molecule has 0 bridgehead atoms. The first-order valence-electron chi connectivity index (χ1n) is 6.04. The molecule has 1 N–H and O–H groups in total. The van der Waals surface area contributed by atoms with Crippen LogP contribution in [-0.4, -0.2) is 19.2 Å². The van der Waals surface area contributed by atoms with Crippen molar-refractivity contribution in [1.29, 1.82) is 0 Å². The van der Waals surface area contributed by atoms with E-state index < -0.39 is 0 Å². The Morgan fingerprint density at radius 2 is 2.18 bits per heavy atom. The lowest BCUT2D eigenvalue weighted by atomic mass is 10.0. The molecule has 1 saturated heterocycles. The summed E-state index contributed by atoms with van der Waals surface area (Å²) < 4.78 is 8.21. The lowest BCUT2D eigenvalue weighted by Gasteiger charge is -2.17. The van der Waals surface area contributed by atoms with Gasteiger partial charge in [-0.15, -0.1) is 11.3 Å². The minimum atomic E-state index is 0.286. The smallest absolute Gasteiger partial charge is 0.0958 e. The van der Waals surface area contributed by atoms with Gasteiger partial charge < -0.3 is 10.1 Å². The summed E-state index contributed by atoms with van der Waals surface area (Å²) in [7, 11) is 0. The minimum absolute atomic E-state index is 0.286. The molecule has 2 atom stereocenters. The van der Waals surface area contributed by atoms with Crippen molar-refractivity contribution in [3.63, 3.8) is 0 Å². The van der Waals surface area contributed by atoms with Crippen LogP contribution in [-0.2, 0) is 4.74 Å². The quantitative estimate of drug-likeness (QED) is 0.848. The number of rotatable bonds is 4. The maximum atomic E-state index is 5.90. The lowest BCUT2D eigenvalue weighted by Crippen LogP contribution is -2.26. The molecule has 1 aliphatic carbocycles. The number of halogens is 2. The molecule has 1 aromatic rings. The molecule has 2 nitrogen and oxygen atoms in total. The van der Waals surface area contributed by atoms with Gasteiger partial charge in [0.2, 0.25) is 0 Å². The highest BCUT2D eigenvalue weighted by molar-refractivity contribution is 9.13. The molecule has 0 aromatic carbocycles. The van der Waals surface area contributed by atoms with Crippen molar-refractivity contribution in [2.24, 2.45) is 5.92 Å². The summed E-state index contributed by atoms with van der Waals surface area (Å²) in [5.41, 5.74) is 0. The summed E-state index contributed by atoms with van der Waals surface area (Å²) in [5.74, 6) is 0.632. The highest BCUT2D eigenvalue weighted by Crippen LogP contribution is 2.42. The fraction of sp³-hybridized carbons (Fsp3) is 0.667. The van der Waals surface area contributed by atoms with Crippen molar-refractivity contribution in [1.82, 2.24) is 5.32 Å². The molecule has 2 heterocycles. The van der Waals surface area contributed by atoms with Gasteiger partial charge in [-0.1, -0.05) is 0 Å². The van der Waals surface area contributed by atoms with Crippen molar-refractivity contribution < 1.29 is 4.74 Å². The molecule has 1 aromatic heterocycles. The molecule has 2 unspecified atom stereocenters. The highest BCUT2D eigenvalue weighted by atomic mass is 79.9. The van der Waals surface area contributed by atoms with Crippen LogP contribution in [0.5, 0.6) is 0 Å². The van der Waals surface area contributed by atoms with E-state index in [9.17, 15) is 0 Å². The van der Waals surface area contributed by atoms with E-state index in [4.69, 9.17) is 4.74 Å². The number of ether oxygens (including phenoxy) is 1. The minimum Gasteiger partial charge on any atom is -0.372 e. The Balaban J connectivity index is 1.67. The molecule has 0 amide bonds. The van der Waals surface area contributed by atoms with Crippen LogP contribution in [0.2, 0.25) is 0 Å². The fourth-order valence-corrected chi connectivity index (χ4v) is 4.50. The van der Waals surface area contributed by atoms with E-state index in [1.807, 2.05) is 0 Å². The van der Waals surface area contributed by atoms with Gasteiger partial charge >= 0.3 is 0 Å². The van der Waals surface area contributed by atoms with E-state index in [2.05, 4.69) is 43.2 Å². The van der Waals surface area contributed by atoms with Gasteiger partial charge in [0.05, 0.1) is 9.89 Å². The maximum Gasteiger partial charge on any atom is 0.0958 e. The predicted octanol–water partition coefficient (Wildman–Crippen LogP) is 4.10. The molecule has 0 spiro atoms. The lowest BCUT2D eigenvalue weighted by molar-refractivity contribution is 0.0932. The van der Waals surface area contributed by atoms with Gasteiger partial charge in [-0.25, -0.2) is 0 Å². The summed E-state index contributed by atoms with van der Waals surface area (Å²) >= 11 is 8.89. The molecule has 2 aliphatic rings. The molecular formula is C12H15Br2NOS. The van der Waals surface area contributed by atoms with E-state index in [0.717, 1.165) is 27.5 Å². The zero-order valence-electron chi connectivity index (χ0n) is 9.42. The second-order valence-electron chi connectivity index (χ2n) is 4.79. The average molecular weight is 381 g/mol. The van der Waals surface area contributed by atoms with Gasteiger partial charge in [0, 0.05) is 34.5 Å². The summed E-state index contributed by atoms with van der Waals surface area (Å²) in [5, 5.41) is 3.62. The summed E-state index contributed by atoms with van der Waals surface area (Å²) in [6, 6.07) is 2.98. The Bertz CT molecular complexity index is 386. The Morgan fingerprint density at radius 1 is 1.35 bits per heavy atom. The van der Waals surface area contributed by atoms with Crippen LogP contribution in [0.3, 0.4) is 0 Å². The van der Waals surface area contributed by atoms with Crippen LogP contribution in [0, 0.1) is 5.92 Å². The number of thiophene rings is 1. The highest BCUT2D eigenvalue weighted by Gasteiger charge is 2.32. The molecule has 1 saturated carbocycles. The molecule has 5 heteroatoms. The number of hydrogen-bond donors (Lipinski definition) is 1. The van der Waals surface area contributed by atoms with Crippen LogP contribution >= 0.6 is 43.2 Å². The standard InChI is InChI=1S/C12H15Br2NOS/c13-9-5-10(17-12(9)14)11-7(3-4-16-11)6-15-8-1-2-8/h5,7-8,11,15H,1-4,6H2. The molecule has 2 fully saturated rings. The van der Waals surface area contributed by atoms with Crippen molar-refractivity contribution in [3.05, 3.63) is 19.2 Å². The zero-order valence-corrected chi connectivity index (χ0v) is 13.4. The van der Waals surface area contributed by atoms with E-state index >= 15 is 0 Å². The third-order valence-corrected chi connectivity index (χ3v) is 6.72. The SMILES string of the molecule is Brc1cc(C2OCCC2CNC2CC2)sc1Br. The summed E-state index contributed by atoms with van der Waals surface area (Å²) in [6.45, 7) is 2.00.